The number of hydrogen-bond acceptors (Lipinski definition) is 6. The van der Waals surface area contributed by atoms with E-state index in [1.165, 1.54) is 11.8 Å². The molecule has 0 fully saturated rings. The summed E-state index contributed by atoms with van der Waals surface area (Å²) in [5.41, 5.74) is 4.70. The van der Waals surface area contributed by atoms with E-state index in [1.54, 1.807) is 30.3 Å². The van der Waals surface area contributed by atoms with E-state index in [2.05, 4.69) is 5.32 Å². The van der Waals surface area contributed by atoms with Crippen molar-refractivity contribution in [3.8, 4) is 16.9 Å². The number of amides is 1. The number of thioether (sulfide) groups is 1. The number of rotatable bonds is 11. The molecule has 2 N–H and O–H groups in total. The van der Waals surface area contributed by atoms with Crippen LogP contribution >= 0.6 is 11.8 Å². The first-order chi connectivity index (χ1) is 16.4. The predicted molar refractivity (Wildman–Crippen MR) is 132 cm³/mol. The smallest absolute Gasteiger partial charge is 0.548 e. The summed E-state index contributed by atoms with van der Waals surface area (Å²) in [6.07, 6.45) is 2.17. The van der Waals surface area contributed by atoms with Crippen LogP contribution in [0, 0.1) is 6.92 Å². The minimum absolute atomic E-state index is 0. The summed E-state index contributed by atoms with van der Waals surface area (Å²) < 4.78 is 5.82. The van der Waals surface area contributed by atoms with Crippen LogP contribution in [0.2, 0.25) is 0 Å². The molecule has 0 aliphatic rings. The molecule has 178 valence electrons. The number of aryl methyl sites for hydroxylation is 1. The molecule has 0 bridgehead atoms. The van der Waals surface area contributed by atoms with Crippen molar-refractivity contribution in [2.24, 2.45) is 0 Å². The average Bonchev–Trinajstić information content (AvgIpc) is 2.82. The third-order valence-electron chi connectivity index (χ3n) is 5.41. The molecule has 0 unspecified atom stereocenters. The summed E-state index contributed by atoms with van der Waals surface area (Å²) in [5.74, 6) is -0.970. The van der Waals surface area contributed by atoms with Crippen LogP contribution in [0.25, 0.3) is 11.1 Å². The number of ether oxygens (including phenoxy) is 1. The molecular formula is C27H28LiNO5S. The fourth-order valence-electron chi connectivity index (χ4n) is 3.63. The van der Waals surface area contributed by atoms with Gasteiger partial charge in [0.1, 0.15) is 5.75 Å². The molecular weight excluding hydrogens is 457 g/mol. The second-order valence-electron chi connectivity index (χ2n) is 7.98. The number of aliphatic carboxylic acids is 1. The van der Waals surface area contributed by atoms with Crippen LogP contribution in [0.15, 0.2) is 66.7 Å². The molecule has 3 aromatic carbocycles. The summed E-state index contributed by atoms with van der Waals surface area (Å²) >= 11 is 1.51. The van der Waals surface area contributed by atoms with E-state index in [1.807, 2.05) is 49.6 Å². The van der Waals surface area contributed by atoms with Gasteiger partial charge in [-0.2, -0.15) is 11.8 Å². The van der Waals surface area contributed by atoms with Crippen molar-refractivity contribution in [1.82, 2.24) is 5.32 Å². The molecule has 3 aromatic rings. The molecule has 1 amide bonds. The minimum Gasteiger partial charge on any atom is -0.548 e. The van der Waals surface area contributed by atoms with E-state index in [-0.39, 0.29) is 31.0 Å². The summed E-state index contributed by atoms with van der Waals surface area (Å²) in [6, 6.07) is 18.9. The van der Waals surface area contributed by atoms with Crippen molar-refractivity contribution < 1.29 is 43.4 Å². The van der Waals surface area contributed by atoms with Gasteiger partial charge in [-0.05, 0) is 77.4 Å². The van der Waals surface area contributed by atoms with Gasteiger partial charge in [-0.1, -0.05) is 42.5 Å². The van der Waals surface area contributed by atoms with Crippen molar-refractivity contribution in [2.75, 3.05) is 12.0 Å². The summed E-state index contributed by atoms with van der Waals surface area (Å²) in [5, 5.41) is 23.8. The number of aromatic hydroxyl groups is 1. The Balaban J connectivity index is 0.00000432. The van der Waals surface area contributed by atoms with E-state index >= 15 is 0 Å². The first kappa shape index (κ1) is 28.5. The third-order valence-corrected chi connectivity index (χ3v) is 6.06. The van der Waals surface area contributed by atoms with Gasteiger partial charge in [-0.15, -0.1) is 0 Å². The number of carbonyl (C=O) groups excluding carboxylic acids is 2. The summed E-state index contributed by atoms with van der Waals surface area (Å²) in [7, 11) is 0. The SMILES string of the molecule is CSCC[C@H](NC(=O)c1ccc(COCc2cccc(O)c2)cc1-c1ccccc1C)C(=O)[O-].[Li+]. The Kier molecular flexibility index (Phi) is 11.4. The molecule has 8 heteroatoms. The Hall–Kier alpha value is -2.69. The molecule has 0 spiro atoms. The van der Waals surface area contributed by atoms with Crippen LogP contribution in [-0.4, -0.2) is 35.0 Å². The number of hydrogen-bond donors (Lipinski definition) is 2. The van der Waals surface area contributed by atoms with Crippen molar-refractivity contribution in [1.29, 1.82) is 0 Å². The fraction of sp³-hybridized carbons (Fsp3) is 0.259. The van der Waals surface area contributed by atoms with Crippen molar-refractivity contribution >= 4 is 23.6 Å². The Bertz CT molecular complexity index is 1150. The van der Waals surface area contributed by atoms with Crippen LogP contribution in [0.4, 0.5) is 0 Å². The molecule has 0 radical (unpaired) electrons. The van der Waals surface area contributed by atoms with Crippen LogP contribution in [0.5, 0.6) is 5.75 Å². The summed E-state index contributed by atoms with van der Waals surface area (Å²) in [4.78, 5) is 24.6. The van der Waals surface area contributed by atoms with E-state index in [0.717, 1.165) is 22.3 Å². The van der Waals surface area contributed by atoms with Gasteiger partial charge in [0.05, 0.1) is 25.2 Å². The maximum Gasteiger partial charge on any atom is 1.00 e. The Morgan fingerprint density at radius 2 is 1.71 bits per heavy atom. The van der Waals surface area contributed by atoms with Crippen LogP contribution < -0.4 is 29.3 Å². The van der Waals surface area contributed by atoms with Gasteiger partial charge in [0.15, 0.2) is 0 Å². The molecule has 0 saturated heterocycles. The number of nitrogens with one attached hydrogen (secondary N) is 1. The largest absolute Gasteiger partial charge is 1.00 e. The number of phenolic OH excluding ortho intramolecular Hbond substituents is 1. The first-order valence-electron chi connectivity index (χ1n) is 10.9. The quantitative estimate of drug-likeness (QED) is 0.388. The molecule has 35 heavy (non-hydrogen) atoms. The van der Waals surface area contributed by atoms with Gasteiger partial charge in [0, 0.05) is 5.56 Å². The van der Waals surface area contributed by atoms with E-state index in [0.29, 0.717) is 30.1 Å². The number of carbonyl (C=O) groups is 2. The number of benzene rings is 3. The van der Waals surface area contributed by atoms with Crippen LogP contribution in [0.3, 0.4) is 0 Å². The van der Waals surface area contributed by atoms with Crippen molar-refractivity contribution in [3.05, 3.63) is 89.0 Å². The van der Waals surface area contributed by atoms with Gasteiger partial charge in [-0.3, -0.25) is 4.79 Å². The maximum absolute atomic E-state index is 13.1. The standard InChI is InChI=1S/C27H29NO5S.Li/c1-18-6-3-4-9-22(18)24-15-20(17-33-16-19-7-5-8-21(29)14-19)10-11-23(24)26(30)28-25(27(31)32)12-13-34-2;/h3-11,14-15,25,29H,12-13,16-17H2,1-2H3,(H,28,30)(H,31,32);/q;+1/p-1/t25-;/m0./s1. The molecule has 0 aliphatic carbocycles. The number of carboxylic acids is 1. The molecule has 0 aliphatic heterocycles. The third kappa shape index (κ3) is 8.19. The van der Waals surface area contributed by atoms with Gasteiger partial charge in [0.2, 0.25) is 0 Å². The van der Waals surface area contributed by atoms with Gasteiger partial charge >= 0.3 is 18.9 Å². The monoisotopic (exact) mass is 485 g/mol. The number of phenols is 1. The molecule has 1 atom stereocenters. The van der Waals surface area contributed by atoms with E-state index < -0.39 is 17.9 Å². The van der Waals surface area contributed by atoms with Crippen LogP contribution in [-0.2, 0) is 22.7 Å². The molecule has 6 nitrogen and oxygen atoms in total. The zero-order valence-electron chi connectivity index (χ0n) is 20.2. The van der Waals surface area contributed by atoms with Crippen LogP contribution in [0.1, 0.15) is 33.5 Å². The second kappa shape index (κ2) is 14.0. The molecule has 0 heterocycles. The topological polar surface area (TPSA) is 98.7 Å². The number of carboxylic acid groups (broad SMARTS) is 1. The summed E-state index contributed by atoms with van der Waals surface area (Å²) in [6.45, 7) is 2.61. The Morgan fingerprint density at radius 3 is 2.37 bits per heavy atom. The zero-order valence-corrected chi connectivity index (χ0v) is 21.1. The fourth-order valence-corrected chi connectivity index (χ4v) is 4.10. The van der Waals surface area contributed by atoms with Gasteiger partial charge in [0.25, 0.3) is 5.91 Å². The van der Waals surface area contributed by atoms with Crippen molar-refractivity contribution in [2.45, 2.75) is 32.6 Å². The van der Waals surface area contributed by atoms with Crippen molar-refractivity contribution in [3.63, 3.8) is 0 Å². The van der Waals surface area contributed by atoms with Gasteiger partial charge in [-0.25, -0.2) is 0 Å². The van der Waals surface area contributed by atoms with E-state index in [4.69, 9.17) is 4.74 Å². The van der Waals surface area contributed by atoms with Gasteiger partial charge < -0.3 is 25.1 Å². The molecule has 0 saturated carbocycles. The average molecular weight is 486 g/mol. The Morgan fingerprint density at radius 1 is 1.00 bits per heavy atom. The second-order valence-corrected chi connectivity index (χ2v) is 8.97. The van der Waals surface area contributed by atoms with E-state index in [9.17, 15) is 19.8 Å². The Labute approximate surface area is 222 Å². The minimum atomic E-state index is -1.29. The maximum atomic E-state index is 13.1. The molecule has 0 aromatic heterocycles. The zero-order chi connectivity index (χ0) is 24.5. The predicted octanol–water partition coefficient (Wildman–Crippen LogP) is 0.690. The first-order valence-corrected chi connectivity index (χ1v) is 12.3. The normalized spacial score (nSPS) is 11.4. The molecule has 3 rings (SSSR count).